The molecule has 0 bridgehead atoms. The van der Waals surface area contributed by atoms with E-state index in [2.05, 4.69) is 10.1 Å². The van der Waals surface area contributed by atoms with Crippen molar-refractivity contribution >= 4 is 23.6 Å². The maximum atomic E-state index is 13.8. The molecule has 4 amide bonds. The van der Waals surface area contributed by atoms with Crippen molar-refractivity contribution in [2.45, 2.75) is 75.7 Å². The second-order valence-corrected chi connectivity index (χ2v) is 10.2. The number of piperidine rings is 1. The van der Waals surface area contributed by atoms with Gasteiger partial charge < -0.3 is 21.3 Å². The van der Waals surface area contributed by atoms with Crippen LogP contribution in [-0.4, -0.2) is 71.8 Å². The molecule has 4 N–H and O–H groups in total. The van der Waals surface area contributed by atoms with E-state index in [4.69, 9.17) is 5.73 Å². The first-order chi connectivity index (χ1) is 18.0. The molecule has 0 aromatic heterocycles. The lowest BCUT2D eigenvalue weighted by Crippen LogP contribution is -2.68. The summed E-state index contributed by atoms with van der Waals surface area (Å²) >= 11 is 0. The van der Waals surface area contributed by atoms with E-state index in [9.17, 15) is 50.8 Å². The highest BCUT2D eigenvalue weighted by atomic mass is 19.4. The van der Waals surface area contributed by atoms with Gasteiger partial charge >= 0.3 is 18.4 Å². The Bertz CT molecular complexity index is 1030. The van der Waals surface area contributed by atoms with E-state index in [1.54, 1.807) is 0 Å². The molecule has 0 spiro atoms. The fraction of sp³-hybridized carbons (Fsp3) is 0.783. The maximum absolute atomic E-state index is 13.8. The zero-order valence-corrected chi connectivity index (χ0v) is 20.9. The molecule has 0 radical (unpaired) electrons. The van der Waals surface area contributed by atoms with Gasteiger partial charge in [0.25, 0.3) is 0 Å². The van der Waals surface area contributed by atoms with Gasteiger partial charge in [0.15, 0.2) is 0 Å². The largest absolute Gasteiger partial charge is 0.522 e. The summed E-state index contributed by atoms with van der Waals surface area (Å²) < 4.78 is 81.9. The topological polar surface area (TPSA) is 155 Å². The number of hydrogen-bond acceptors (Lipinski definition) is 6. The van der Waals surface area contributed by atoms with Crippen molar-refractivity contribution < 1.29 is 50.3 Å². The predicted molar refractivity (Wildman–Crippen MR) is 119 cm³/mol. The molecule has 218 valence electrons. The minimum Gasteiger partial charge on any atom is -0.368 e. The first kappa shape index (κ1) is 30.5. The third-order valence-corrected chi connectivity index (χ3v) is 7.95. The number of amides is 4. The van der Waals surface area contributed by atoms with E-state index >= 15 is 0 Å². The molecule has 0 aromatic carbocycles. The van der Waals surface area contributed by atoms with E-state index in [0.29, 0.717) is 45.6 Å². The molecule has 3 aliphatic rings. The quantitative estimate of drug-likeness (QED) is 0.377. The van der Waals surface area contributed by atoms with Crippen LogP contribution in [0.1, 0.15) is 45.4 Å². The summed E-state index contributed by atoms with van der Waals surface area (Å²) in [5.41, 5.74) is 3.68. The van der Waals surface area contributed by atoms with Crippen LogP contribution in [0, 0.1) is 35.0 Å². The van der Waals surface area contributed by atoms with Crippen molar-refractivity contribution in [3.05, 3.63) is 0 Å². The van der Waals surface area contributed by atoms with E-state index < -0.39 is 71.6 Å². The molecule has 3 unspecified atom stereocenters. The van der Waals surface area contributed by atoms with Gasteiger partial charge in [0.1, 0.15) is 11.6 Å². The van der Waals surface area contributed by atoms with Gasteiger partial charge in [-0.3, -0.25) is 23.9 Å². The van der Waals surface area contributed by atoms with Gasteiger partial charge in [0, 0.05) is 19.0 Å². The number of alkyl halides is 6. The average Bonchev–Trinajstić information content (AvgIpc) is 3.40. The number of ether oxygens (including phenoxy) is 1. The molecule has 1 saturated carbocycles. The van der Waals surface area contributed by atoms with Crippen LogP contribution in [0.15, 0.2) is 0 Å². The normalized spacial score (nSPS) is 29.5. The van der Waals surface area contributed by atoms with E-state index in [1.807, 2.05) is 6.07 Å². The van der Waals surface area contributed by atoms with Gasteiger partial charge in [-0.15, -0.1) is 13.2 Å². The number of rotatable bonds is 8. The third-order valence-electron chi connectivity index (χ3n) is 7.95. The standard InChI is InChI=1S/C23H29F6N5O5/c1-11(39-23(27,28)29)16(33-20(38)22(24,25)26)18(36)34-10-13-4-2-6-15(13)21(34,19(31)37)14(9-30)8-12-5-3-7-32-17(12)35/h11-16H,2-8,10H2,1H3,(H2,31,37)(H,32,35)(H,33,38)/t11-,12+,13?,14-,15?,16+,21?/m1/s1. The number of nitriles is 1. The van der Waals surface area contributed by atoms with E-state index in [-0.39, 0.29) is 18.9 Å². The Balaban J connectivity index is 2.08. The Morgan fingerprint density at radius 2 is 1.87 bits per heavy atom. The number of nitrogens with one attached hydrogen (secondary N) is 2. The molecular formula is C23H29F6N5O5. The molecule has 2 saturated heterocycles. The summed E-state index contributed by atoms with van der Waals surface area (Å²) in [6.45, 7) is 0.753. The average molecular weight is 570 g/mol. The lowest BCUT2D eigenvalue weighted by molar-refractivity contribution is -0.342. The fourth-order valence-corrected chi connectivity index (χ4v) is 6.35. The SMILES string of the molecule is C[C@@H](OC(F)(F)F)[C@H](NC(=O)C(F)(F)F)C(=O)N1CC2CCCC2C1(C(N)=O)[C@@H](C#N)C[C@@H]1CCCNC1=O. The van der Waals surface area contributed by atoms with Crippen LogP contribution in [0.4, 0.5) is 26.3 Å². The van der Waals surface area contributed by atoms with Crippen molar-refractivity contribution in [3.8, 4) is 6.07 Å². The summed E-state index contributed by atoms with van der Waals surface area (Å²) in [5, 5.41) is 14.1. The van der Waals surface area contributed by atoms with Crippen LogP contribution in [0.25, 0.3) is 0 Å². The molecule has 1 aliphatic carbocycles. The number of carbonyl (C=O) groups is 4. The summed E-state index contributed by atoms with van der Waals surface area (Å²) in [5.74, 6) is -9.03. The molecule has 10 nitrogen and oxygen atoms in total. The zero-order valence-electron chi connectivity index (χ0n) is 20.9. The zero-order chi connectivity index (χ0) is 29.3. The molecule has 2 aliphatic heterocycles. The lowest BCUT2D eigenvalue weighted by atomic mass is 9.68. The van der Waals surface area contributed by atoms with Crippen LogP contribution >= 0.6 is 0 Å². The Hall–Kier alpha value is -3.09. The smallest absolute Gasteiger partial charge is 0.368 e. The molecule has 3 rings (SSSR count). The summed E-state index contributed by atoms with van der Waals surface area (Å²) in [6, 6.07) is -0.582. The highest BCUT2D eigenvalue weighted by Crippen LogP contribution is 2.53. The number of likely N-dealkylation sites (tertiary alicyclic amines) is 1. The molecule has 7 atom stereocenters. The maximum Gasteiger partial charge on any atom is 0.522 e. The Morgan fingerprint density at radius 1 is 1.21 bits per heavy atom. The molecule has 3 fully saturated rings. The highest BCUT2D eigenvalue weighted by molar-refractivity contribution is 5.96. The summed E-state index contributed by atoms with van der Waals surface area (Å²) in [4.78, 5) is 51.9. The summed E-state index contributed by atoms with van der Waals surface area (Å²) in [7, 11) is 0. The Kier molecular flexibility index (Phi) is 8.73. The highest BCUT2D eigenvalue weighted by Gasteiger charge is 2.65. The minimum absolute atomic E-state index is 0.216. The van der Waals surface area contributed by atoms with Crippen molar-refractivity contribution in [2.24, 2.45) is 29.4 Å². The van der Waals surface area contributed by atoms with Gasteiger partial charge in [-0.05, 0) is 50.9 Å². The van der Waals surface area contributed by atoms with Crippen LogP contribution < -0.4 is 16.4 Å². The number of carbonyl (C=O) groups excluding carboxylic acids is 4. The van der Waals surface area contributed by atoms with Gasteiger partial charge in [0.05, 0.1) is 18.1 Å². The number of hydrogen-bond donors (Lipinski definition) is 3. The first-order valence-corrected chi connectivity index (χ1v) is 12.4. The summed E-state index contributed by atoms with van der Waals surface area (Å²) in [6.07, 6.45) is -11.2. The van der Waals surface area contributed by atoms with E-state index in [1.165, 1.54) is 5.32 Å². The van der Waals surface area contributed by atoms with Crippen LogP contribution in [-0.2, 0) is 23.9 Å². The molecule has 16 heteroatoms. The van der Waals surface area contributed by atoms with Gasteiger partial charge in [-0.1, -0.05) is 6.42 Å². The Labute approximate surface area is 219 Å². The van der Waals surface area contributed by atoms with Crippen LogP contribution in [0.2, 0.25) is 0 Å². The number of nitrogens with zero attached hydrogens (tertiary/aromatic N) is 2. The molecule has 2 heterocycles. The number of nitrogens with two attached hydrogens (primary N) is 1. The third kappa shape index (κ3) is 6.07. The monoisotopic (exact) mass is 569 g/mol. The van der Waals surface area contributed by atoms with Gasteiger partial charge in [-0.2, -0.15) is 18.4 Å². The number of halogens is 6. The van der Waals surface area contributed by atoms with Gasteiger partial charge in [-0.25, -0.2) is 0 Å². The number of primary amides is 1. The fourth-order valence-electron chi connectivity index (χ4n) is 6.35. The van der Waals surface area contributed by atoms with Gasteiger partial charge in [0.2, 0.25) is 17.7 Å². The van der Waals surface area contributed by atoms with Crippen molar-refractivity contribution in [1.29, 1.82) is 5.26 Å². The minimum atomic E-state index is -5.55. The van der Waals surface area contributed by atoms with Crippen LogP contribution in [0.3, 0.4) is 0 Å². The Morgan fingerprint density at radius 3 is 2.41 bits per heavy atom. The molecule has 39 heavy (non-hydrogen) atoms. The number of fused-ring (bicyclic) bond motifs is 1. The second-order valence-electron chi connectivity index (χ2n) is 10.2. The van der Waals surface area contributed by atoms with Crippen LogP contribution in [0.5, 0.6) is 0 Å². The predicted octanol–water partition coefficient (Wildman–Crippen LogP) is 1.50. The first-order valence-electron chi connectivity index (χ1n) is 12.4. The molecular weight excluding hydrogens is 540 g/mol. The van der Waals surface area contributed by atoms with Crippen molar-refractivity contribution in [3.63, 3.8) is 0 Å². The lowest BCUT2D eigenvalue weighted by Gasteiger charge is -2.45. The van der Waals surface area contributed by atoms with Crippen molar-refractivity contribution in [1.82, 2.24) is 15.5 Å². The molecule has 0 aromatic rings. The van der Waals surface area contributed by atoms with Crippen molar-refractivity contribution in [2.75, 3.05) is 13.1 Å². The van der Waals surface area contributed by atoms with E-state index in [0.717, 1.165) is 4.90 Å². The second kappa shape index (κ2) is 11.2.